The van der Waals surface area contributed by atoms with Gasteiger partial charge in [0.15, 0.2) is 0 Å². The van der Waals surface area contributed by atoms with Gasteiger partial charge in [0.2, 0.25) is 10.1 Å². The first-order valence-electron chi connectivity index (χ1n) is 7.17. The molecule has 0 bridgehead atoms. The third-order valence-electron chi connectivity index (χ3n) is 3.06. The average molecular weight is 304 g/mol. The SMILES string of the molecule is CCCNc1nnc(C(=O)NC(CC)c2ccccc2)s1. The van der Waals surface area contributed by atoms with Gasteiger partial charge in [0, 0.05) is 6.54 Å². The maximum atomic E-state index is 12.2. The van der Waals surface area contributed by atoms with Crippen LogP contribution >= 0.6 is 11.3 Å². The number of nitrogens with zero attached hydrogens (tertiary/aromatic N) is 2. The molecule has 2 N–H and O–H groups in total. The number of hydrogen-bond donors (Lipinski definition) is 2. The van der Waals surface area contributed by atoms with Crippen LogP contribution < -0.4 is 10.6 Å². The molecule has 0 aliphatic carbocycles. The van der Waals surface area contributed by atoms with Gasteiger partial charge in [-0.1, -0.05) is 55.5 Å². The van der Waals surface area contributed by atoms with Crippen molar-refractivity contribution < 1.29 is 4.79 Å². The van der Waals surface area contributed by atoms with Crippen molar-refractivity contribution in [1.82, 2.24) is 15.5 Å². The second-order valence-electron chi connectivity index (χ2n) is 4.68. The van der Waals surface area contributed by atoms with Crippen LogP contribution in [0.2, 0.25) is 0 Å². The lowest BCUT2D eigenvalue weighted by Crippen LogP contribution is -2.28. The van der Waals surface area contributed by atoms with Crippen LogP contribution in [0.25, 0.3) is 0 Å². The maximum Gasteiger partial charge on any atom is 0.282 e. The second kappa shape index (κ2) is 7.73. The van der Waals surface area contributed by atoms with Gasteiger partial charge in [-0.05, 0) is 18.4 Å². The highest BCUT2D eigenvalue weighted by Crippen LogP contribution is 2.19. The molecule has 1 amide bonds. The number of hydrogen-bond acceptors (Lipinski definition) is 5. The van der Waals surface area contributed by atoms with Gasteiger partial charge in [-0.25, -0.2) is 0 Å². The number of aromatic nitrogens is 2. The molecule has 2 rings (SSSR count). The van der Waals surface area contributed by atoms with Crippen molar-refractivity contribution in [1.29, 1.82) is 0 Å². The maximum absolute atomic E-state index is 12.2. The summed E-state index contributed by atoms with van der Waals surface area (Å²) < 4.78 is 0. The van der Waals surface area contributed by atoms with Crippen molar-refractivity contribution in [3.05, 3.63) is 40.9 Å². The summed E-state index contributed by atoms with van der Waals surface area (Å²) in [6.45, 7) is 4.96. The van der Waals surface area contributed by atoms with Crippen molar-refractivity contribution in [3.63, 3.8) is 0 Å². The molecule has 0 aliphatic heterocycles. The lowest BCUT2D eigenvalue weighted by molar-refractivity contribution is 0.0934. The van der Waals surface area contributed by atoms with Crippen molar-refractivity contribution >= 4 is 22.4 Å². The van der Waals surface area contributed by atoms with Crippen LogP contribution in [0.3, 0.4) is 0 Å². The third kappa shape index (κ3) is 4.26. The number of benzene rings is 1. The minimum atomic E-state index is -0.173. The van der Waals surface area contributed by atoms with E-state index in [0.717, 1.165) is 24.9 Å². The zero-order chi connectivity index (χ0) is 15.1. The molecule has 1 aromatic heterocycles. The molecule has 0 saturated heterocycles. The summed E-state index contributed by atoms with van der Waals surface area (Å²) in [6, 6.07) is 9.94. The first-order valence-corrected chi connectivity index (χ1v) is 7.99. The number of nitrogens with one attached hydrogen (secondary N) is 2. The Kier molecular flexibility index (Phi) is 5.68. The summed E-state index contributed by atoms with van der Waals surface area (Å²) >= 11 is 1.28. The van der Waals surface area contributed by atoms with E-state index in [1.54, 1.807) is 0 Å². The molecule has 2 aromatic rings. The fourth-order valence-electron chi connectivity index (χ4n) is 1.94. The van der Waals surface area contributed by atoms with Crippen LogP contribution in [-0.2, 0) is 0 Å². The van der Waals surface area contributed by atoms with E-state index < -0.39 is 0 Å². The van der Waals surface area contributed by atoms with E-state index in [1.807, 2.05) is 37.3 Å². The summed E-state index contributed by atoms with van der Waals surface area (Å²) in [7, 11) is 0. The van der Waals surface area contributed by atoms with Gasteiger partial charge in [0.1, 0.15) is 0 Å². The molecule has 21 heavy (non-hydrogen) atoms. The summed E-state index contributed by atoms with van der Waals surface area (Å²) in [6.07, 6.45) is 1.84. The van der Waals surface area contributed by atoms with Crippen LogP contribution in [0.15, 0.2) is 30.3 Å². The van der Waals surface area contributed by atoms with E-state index in [1.165, 1.54) is 11.3 Å². The Balaban J connectivity index is 2.01. The molecular formula is C15H20N4OS. The summed E-state index contributed by atoms with van der Waals surface area (Å²) in [5.74, 6) is -0.173. The molecule has 0 saturated carbocycles. The van der Waals surface area contributed by atoms with Crippen molar-refractivity contribution in [2.75, 3.05) is 11.9 Å². The highest BCUT2D eigenvalue weighted by molar-refractivity contribution is 7.17. The number of carbonyl (C=O) groups is 1. The summed E-state index contributed by atoms with van der Waals surface area (Å²) in [5.41, 5.74) is 1.10. The van der Waals surface area contributed by atoms with E-state index in [2.05, 4.69) is 27.8 Å². The van der Waals surface area contributed by atoms with Crippen molar-refractivity contribution in [2.24, 2.45) is 0 Å². The zero-order valence-electron chi connectivity index (χ0n) is 12.3. The molecule has 0 aliphatic rings. The number of rotatable bonds is 7. The molecule has 1 atom stereocenters. The van der Waals surface area contributed by atoms with Gasteiger partial charge < -0.3 is 10.6 Å². The topological polar surface area (TPSA) is 66.9 Å². The molecule has 1 aromatic carbocycles. The van der Waals surface area contributed by atoms with Crippen molar-refractivity contribution in [2.45, 2.75) is 32.7 Å². The van der Waals surface area contributed by atoms with Gasteiger partial charge in [-0.2, -0.15) is 0 Å². The molecule has 5 nitrogen and oxygen atoms in total. The zero-order valence-corrected chi connectivity index (χ0v) is 13.1. The van der Waals surface area contributed by atoms with Crippen LogP contribution in [0.5, 0.6) is 0 Å². The van der Waals surface area contributed by atoms with Gasteiger partial charge in [0.05, 0.1) is 6.04 Å². The van der Waals surface area contributed by atoms with Crippen LogP contribution in [0, 0.1) is 0 Å². The Hall–Kier alpha value is -1.95. The molecule has 112 valence electrons. The highest BCUT2D eigenvalue weighted by atomic mass is 32.1. The number of amides is 1. The van der Waals surface area contributed by atoms with Gasteiger partial charge in [-0.15, -0.1) is 10.2 Å². The number of carbonyl (C=O) groups excluding carboxylic acids is 1. The lowest BCUT2D eigenvalue weighted by Gasteiger charge is -2.16. The van der Waals surface area contributed by atoms with E-state index in [9.17, 15) is 4.79 Å². The normalized spacial score (nSPS) is 11.9. The van der Waals surface area contributed by atoms with E-state index >= 15 is 0 Å². The smallest absolute Gasteiger partial charge is 0.282 e. The Morgan fingerprint density at radius 2 is 2.00 bits per heavy atom. The van der Waals surface area contributed by atoms with Crippen LogP contribution in [0.4, 0.5) is 5.13 Å². The fraction of sp³-hybridized carbons (Fsp3) is 0.400. The Bertz CT molecular complexity index is 570. The highest BCUT2D eigenvalue weighted by Gasteiger charge is 2.17. The predicted molar refractivity (Wildman–Crippen MR) is 85.6 cm³/mol. The predicted octanol–water partition coefficient (Wildman–Crippen LogP) is 3.24. The Labute approximate surface area is 128 Å². The molecule has 0 spiro atoms. The minimum absolute atomic E-state index is 0.00495. The lowest BCUT2D eigenvalue weighted by atomic mass is 10.0. The molecule has 6 heteroatoms. The molecule has 0 radical (unpaired) electrons. The second-order valence-corrected chi connectivity index (χ2v) is 5.66. The molecule has 1 heterocycles. The first kappa shape index (κ1) is 15.4. The van der Waals surface area contributed by atoms with E-state index in [4.69, 9.17) is 0 Å². The van der Waals surface area contributed by atoms with Crippen LogP contribution in [0.1, 0.15) is 48.1 Å². The Morgan fingerprint density at radius 1 is 1.24 bits per heavy atom. The van der Waals surface area contributed by atoms with Gasteiger partial charge in [0.25, 0.3) is 5.91 Å². The van der Waals surface area contributed by atoms with Crippen molar-refractivity contribution in [3.8, 4) is 0 Å². The van der Waals surface area contributed by atoms with E-state index in [-0.39, 0.29) is 11.9 Å². The summed E-state index contributed by atoms with van der Waals surface area (Å²) in [4.78, 5) is 12.2. The number of anilines is 1. The van der Waals surface area contributed by atoms with Gasteiger partial charge in [-0.3, -0.25) is 4.79 Å². The largest absolute Gasteiger partial charge is 0.360 e. The standard InChI is InChI=1S/C15H20N4OS/c1-3-10-16-15-19-18-14(21-15)13(20)17-12(4-2)11-8-6-5-7-9-11/h5-9,12H,3-4,10H2,1-2H3,(H,16,19)(H,17,20). The fourth-order valence-corrected chi connectivity index (χ4v) is 2.62. The third-order valence-corrected chi connectivity index (χ3v) is 3.94. The molecule has 1 unspecified atom stereocenters. The minimum Gasteiger partial charge on any atom is -0.360 e. The molecule has 0 fully saturated rings. The van der Waals surface area contributed by atoms with E-state index in [0.29, 0.717) is 10.1 Å². The molecular weight excluding hydrogens is 284 g/mol. The monoisotopic (exact) mass is 304 g/mol. The Morgan fingerprint density at radius 3 is 2.67 bits per heavy atom. The summed E-state index contributed by atoms with van der Waals surface area (Å²) in [5, 5.41) is 15.1. The average Bonchev–Trinajstić information content (AvgIpc) is 3.00. The van der Waals surface area contributed by atoms with Gasteiger partial charge >= 0.3 is 0 Å². The first-order chi connectivity index (χ1) is 10.2. The quantitative estimate of drug-likeness (QED) is 0.824. The van der Waals surface area contributed by atoms with Crippen LogP contribution in [-0.4, -0.2) is 22.6 Å².